The van der Waals surface area contributed by atoms with Crippen LogP contribution >= 0.6 is 0 Å². The number of hydrogen-bond acceptors (Lipinski definition) is 2. The standard InChI is InChI=1S/C20H13N2.Ir/c1-3-9-15(10-4-1)19-17-13-7-8-14-18(17)20(22-21-19)16-11-5-2-6-12-16;/h1-11,13-14H;/q-1;. The van der Waals surface area contributed by atoms with Crippen LogP contribution in [0.15, 0.2) is 78.9 Å². The molecular formula is C20H13IrN2-. The van der Waals surface area contributed by atoms with Crippen molar-refractivity contribution in [1.29, 1.82) is 0 Å². The first-order chi connectivity index (χ1) is 10.9. The van der Waals surface area contributed by atoms with E-state index >= 15 is 0 Å². The molecule has 0 N–H and O–H groups in total. The Morgan fingerprint density at radius 3 is 1.91 bits per heavy atom. The van der Waals surface area contributed by atoms with E-state index in [0.29, 0.717) is 0 Å². The quantitative estimate of drug-likeness (QED) is 0.393. The maximum atomic E-state index is 4.48. The zero-order chi connectivity index (χ0) is 14.8. The Balaban J connectivity index is 0.00000156. The summed E-state index contributed by atoms with van der Waals surface area (Å²) in [6, 6.07) is 29.5. The average Bonchev–Trinajstić information content (AvgIpc) is 2.62. The van der Waals surface area contributed by atoms with E-state index in [0.717, 1.165) is 33.3 Å². The van der Waals surface area contributed by atoms with Crippen LogP contribution < -0.4 is 0 Å². The van der Waals surface area contributed by atoms with E-state index < -0.39 is 0 Å². The number of fused-ring (bicyclic) bond motifs is 1. The van der Waals surface area contributed by atoms with Gasteiger partial charge in [-0.3, -0.25) is 0 Å². The van der Waals surface area contributed by atoms with Crippen molar-refractivity contribution in [3.05, 3.63) is 84.9 Å². The summed E-state index contributed by atoms with van der Waals surface area (Å²) in [6.07, 6.45) is 0. The largest absolute Gasteiger partial charge is 0.200 e. The van der Waals surface area contributed by atoms with Crippen LogP contribution in [0, 0.1) is 6.07 Å². The SMILES string of the molecule is [Ir].[c-]1ccccc1-c1nnc(-c2ccccc2)c2ccccc12. The molecule has 113 valence electrons. The molecule has 0 atom stereocenters. The molecule has 0 saturated heterocycles. The van der Waals surface area contributed by atoms with Gasteiger partial charge in [0.15, 0.2) is 0 Å². The summed E-state index contributed by atoms with van der Waals surface area (Å²) in [5, 5.41) is 11.2. The predicted molar refractivity (Wildman–Crippen MR) is 89.2 cm³/mol. The van der Waals surface area contributed by atoms with Crippen LogP contribution in [-0.4, -0.2) is 10.2 Å². The smallest absolute Gasteiger partial charge is 0.0990 e. The van der Waals surface area contributed by atoms with Crippen molar-refractivity contribution in [3.8, 4) is 22.5 Å². The third-order valence-corrected chi connectivity index (χ3v) is 3.70. The fraction of sp³-hybridized carbons (Fsp3) is 0. The summed E-state index contributed by atoms with van der Waals surface area (Å²) in [5.74, 6) is 0. The van der Waals surface area contributed by atoms with E-state index in [2.05, 4.69) is 40.5 Å². The Bertz CT molecular complexity index is 844. The fourth-order valence-electron chi connectivity index (χ4n) is 2.65. The topological polar surface area (TPSA) is 25.8 Å². The van der Waals surface area contributed by atoms with E-state index in [1.165, 1.54) is 0 Å². The zero-order valence-electron chi connectivity index (χ0n) is 12.2. The molecule has 0 aliphatic carbocycles. The van der Waals surface area contributed by atoms with Crippen LogP contribution in [0.5, 0.6) is 0 Å². The van der Waals surface area contributed by atoms with Gasteiger partial charge in [-0.15, -0.1) is 35.9 Å². The van der Waals surface area contributed by atoms with Gasteiger partial charge >= 0.3 is 0 Å². The van der Waals surface area contributed by atoms with Crippen LogP contribution in [0.1, 0.15) is 0 Å². The summed E-state index contributed by atoms with van der Waals surface area (Å²) in [5.41, 5.74) is 3.83. The van der Waals surface area contributed by atoms with Crippen LogP contribution in [0.25, 0.3) is 33.3 Å². The number of benzene rings is 3. The molecule has 3 aromatic carbocycles. The summed E-state index contributed by atoms with van der Waals surface area (Å²) < 4.78 is 0. The Hall–Kier alpha value is -2.35. The van der Waals surface area contributed by atoms with Crippen LogP contribution in [0.3, 0.4) is 0 Å². The molecule has 0 unspecified atom stereocenters. The van der Waals surface area contributed by atoms with Gasteiger partial charge in [0.2, 0.25) is 0 Å². The van der Waals surface area contributed by atoms with Crippen LogP contribution in [0.2, 0.25) is 0 Å². The van der Waals surface area contributed by atoms with Crippen molar-refractivity contribution >= 4 is 10.8 Å². The van der Waals surface area contributed by atoms with E-state index in [1.54, 1.807) is 0 Å². The third-order valence-electron chi connectivity index (χ3n) is 3.70. The number of aromatic nitrogens is 2. The maximum absolute atomic E-state index is 4.48. The second-order valence-corrected chi connectivity index (χ2v) is 5.09. The van der Waals surface area contributed by atoms with Crippen molar-refractivity contribution < 1.29 is 20.1 Å². The molecule has 4 aromatic rings. The predicted octanol–water partition coefficient (Wildman–Crippen LogP) is 4.76. The monoisotopic (exact) mass is 474 g/mol. The molecule has 4 rings (SSSR count). The first-order valence-electron chi connectivity index (χ1n) is 7.21. The van der Waals surface area contributed by atoms with Gasteiger partial charge in [-0.05, 0) is 5.39 Å². The average molecular weight is 474 g/mol. The van der Waals surface area contributed by atoms with E-state index in [9.17, 15) is 0 Å². The third kappa shape index (κ3) is 2.94. The molecule has 0 amide bonds. The molecule has 1 aromatic heterocycles. The van der Waals surface area contributed by atoms with Gasteiger partial charge in [-0.25, -0.2) is 0 Å². The number of rotatable bonds is 2. The van der Waals surface area contributed by atoms with E-state index in [-0.39, 0.29) is 20.1 Å². The van der Waals surface area contributed by atoms with Crippen molar-refractivity contribution in [1.82, 2.24) is 10.2 Å². The van der Waals surface area contributed by atoms with Crippen molar-refractivity contribution in [2.45, 2.75) is 0 Å². The number of nitrogens with zero attached hydrogens (tertiary/aromatic N) is 2. The van der Waals surface area contributed by atoms with E-state index in [1.807, 2.05) is 54.6 Å². The summed E-state index contributed by atoms with van der Waals surface area (Å²) in [4.78, 5) is 0. The molecule has 0 aliphatic rings. The fourth-order valence-corrected chi connectivity index (χ4v) is 2.65. The first-order valence-corrected chi connectivity index (χ1v) is 7.21. The van der Waals surface area contributed by atoms with Gasteiger partial charge in [0.25, 0.3) is 0 Å². The van der Waals surface area contributed by atoms with E-state index in [4.69, 9.17) is 0 Å². The molecule has 0 aliphatic heterocycles. The van der Waals surface area contributed by atoms with Gasteiger partial charge in [0.1, 0.15) is 0 Å². The van der Waals surface area contributed by atoms with Gasteiger partial charge in [-0.1, -0.05) is 54.6 Å². The molecule has 0 fully saturated rings. The van der Waals surface area contributed by atoms with Crippen LogP contribution in [-0.2, 0) is 20.1 Å². The molecule has 0 saturated carbocycles. The number of hydrogen-bond donors (Lipinski definition) is 0. The molecular weight excluding hydrogens is 460 g/mol. The zero-order valence-corrected chi connectivity index (χ0v) is 14.6. The van der Waals surface area contributed by atoms with Crippen molar-refractivity contribution in [2.24, 2.45) is 0 Å². The van der Waals surface area contributed by atoms with Gasteiger partial charge in [-0.2, -0.15) is 10.2 Å². The minimum Gasteiger partial charge on any atom is -0.200 e. The molecule has 2 nitrogen and oxygen atoms in total. The molecule has 0 bridgehead atoms. The Morgan fingerprint density at radius 1 is 0.609 bits per heavy atom. The molecule has 1 radical (unpaired) electrons. The molecule has 3 heteroatoms. The Morgan fingerprint density at radius 2 is 1.22 bits per heavy atom. The molecule has 23 heavy (non-hydrogen) atoms. The summed E-state index contributed by atoms with van der Waals surface area (Å²) in [6.45, 7) is 0. The van der Waals surface area contributed by atoms with Crippen LogP contribution in [0.4, 0.5) is 0 Å². The van der Waals surface area contributed by atoms with Gasteiger partial charge in [0.05, 0.1) is 5.69 Å². The van der Waals surface area contributed by atoms with Crippen molar-refractivity contribution in [2.75, 3.05) is 0 Å². The minimum absolute atomic E-state index is 0. The van der Waals surface area contributed by atoms with Crippen molar-refractivity contribution in [3.63, 3.8) is 0 Å². The summed E-state index contributed by atoms with van der Waals surface area (Å²) in [7, 11) is 0. The minimum atomic E-state index is 0. The Labute approximate surface area is 148 Å². The second-order valence-electron chi connectivity index (χ2n) is 5.09. The Kier molecular flexibility index (Phi) is 4.61. The normalized spacial score (nSPS) is 10.3. The summed E-state index contributed by atoms with van der Waals surface area (Å²) >= 11 is 0. The van der Waals surface area contributed by atoms with Gasteiger partial charge in [0, 0.05) is 36.7 Å². The van der Waals surface area contributed by atoms with Gasteiger partial charge < -0.3 is 0 Å². The first kappa shape index (κ1) is 15.5. The second kappa shape index (κ2) is 6.82. The molecule has 0 spiro atoms. The molecule has 1 heterocycles. The maximum Gasteiger partial charge on any atom is 0.0990 e.